The van der Waals surface area contributed by atoms with Crippen molar-refractivity contribution in [3.63, 3.8) is 0 Å². The zero-order chi connectivity index (χ0) is 16.4. The van der Waals surface area contributed by atoms with Crippen molar-refractivity contribution in [2.24, 2.45) is 4.99 Å². The first-order valence-electron chi connectivity index (χ1n) is 5.69. The Morgan fingerprint density at radius 1 is 1.09 bits per heavy atom. The molecule has 0 aliphatic heterocycles. The van der Waals surface area contributed by atoms with Gasteiger partial charge in [-0.2, -0.15) is 9.72 Å². The number of carboxylic acids is 1. The van der Waals surface area contributed by atoms with E-state index in [-0.39, 0.29) is 4.73 Å². The zero-order valence-electron chi connectivity index (χ0n) is 10.6. The van der Waals surface area contributed by atoms with E-state index in [0.29, 0.717) is 12.1 Å². The van der Waals surface area contributed by atoms with Crippen LogP contribution in [-0.4, -0.2) is 26.9 Å². The molecule has 114 valence electrons. The van der Waals surface area contributed by atoms with Crippen molar-refractivity contribution in [2.75, 3.05) is 0 Å². The van der Waals surface area contributed by atoms with E-state index in [0.717, 1.165) is 12.1 Å². The summed E-state index contributed by atoms with van der Waals surface area (Å²) in [7, 11) is 0. The lowest BCUT2D eigenvalue weighted by molar-refractivity contribution is 0.0630. The molecule has 1 heterocycles. The van der Waals surface area contributed by atoms with Crippen LogP contribution >= 0.6 is 0 Å². The fraction of sp³-hybridized carbons (Fsp3) is 0. The van der Waals surface area contributed by atoms with Crippen LogP contribution in [0.5, 0.6) is 0 Å². The molecule has 1 aromatic heterocycles. The lowest BCUT2D eigenvalue weighted by Gasteiger charge is -2.04. The third-order valence-corrected chi connectivity index (χ3v) is 2.60. The van der Waals surface area contributed by atoms with Gasteiger partial charge in [0, 0.05) is 12.1 Å². The first kappa shape index (κ1) is 15.3. The highest BCUT2D eigenvalue weighted by atomic mass is 19.1. The summed E-state index contributed by atoms with van der Waals surface area (Å²) < 4.78 is 39.7. The van der Waals surface area contributed by atoms with Crippen molar-refractivity contribution in [3.05, 3.63) is 64.5 Å². The highest BCUT2D eigenvalue weighted by molar-refractivity contribution is 5.95. The minimum atomic E-state index is -1.51. The first-order chi connectivity index (χ1) is 10.3. The van der Waals surface area contributed by atoms with Gasteiger partial charge in [-0.1, -0.05) is 6.07 Å². The minimum absolute atomic E-state index is 0.0690. The van der Waals surface area contributed by atoms with E-state index >= 15 is 0 Å². The maximum absolute atomic E-state index is 13.4. The van der Waals surface area contributed by atoms with E-state index in [1.165, 1.54) is 6.07 Å². The molecule has 0 bridgehead atoms. The predicted octanol–water partition coefficient (Wildman–Crippen LogP) is 1.58. The summed E-state index contributed by atoms with van der Waals surface area (Å²) in [5.74, 6) is -7.10. The van der Waals surface area contributed by atoms with Gasteiger partial charge in [-0.3, -0.25) is 4.79 Å². The molecule has 0 radical (unpaired) electrons. The number of carbonyl (C=O) groups excluding carboxylic acids is 1. The van der Waals surface area contributed by atoms with Crippen LogP contribution in [0.4, 0.5) is 13.2 Å². The van der Waals surface area contributed by atoms with Crippen molar-refractivity contribution in [2.45, 2.75) is 0 Å². The number of aromatic carboxylic acids is 1. The molecule has 0 aliphatic rings. The van der Waals surface area contributed by atoms with E-state index in [1.54, 1.807) is 0 Å². The Morgan fingerprint density at radius 3 is 2.23 bits per heavy atom. The Morgan fingerprint density at radius 2 is 1.68 bits per heavy atom. The van der Waals surface area contributed by atoms with Crippen LogP contribution in [0.25, 0.3) is 0 Å². The Bertz CT molecular complexity index is 822. The fourth-order valence-electron chi connectivity index (χ4n) is 1.64. The van der Waals surface area contributed by atoms with Gasteiger partial charge in [0.15, 0.2) is 11.2 Å². The minimum Gasteiger partial charge on any atom is -0.476 e. The molecule has 2 rings (SSSR count). The third-order valence-electron chi connectivity index (χ3n) is 2.60. The molecule has 0 atom stereocenters. The van der Waals surface area contributed by atoms with Gasteiger partial charge in [0.1, 0.15) is 23.0 Å². The molecular weight excluding hydrogens is 305 g/mol. The number of amides is 1. The largest absolute Gasteiger partial charge is 0.476 e. The molecule has 2 N–H and O–H groups in total. The molecule has 0 aliphatic carbocycles. The lowest BCUT2D eigenvalue weighted by Crippen LogP contribution is -2.25. The average Bonchev–Trinajstić information content (AvgIpc) is 2.39. The number of pyridine rings is 1. The second-order valence-corrected chi connectivity index (χ2v) is 4.05. The van der Waals surface area contributed by atoms with Crippen LogP contribution in [0.2, 0.25) is 0 Å². The van der Waals surface area contributed by atoms with Crippen LogP contribution < -0.4 is 5.49 Å². The van der Waals surface area contributed by atoms with Gasteiger partial charge in [0.2, 0.25) is 0 Å². The van der Waals surface area contributed by atoms with Crippen LogP contribution in [0, 0.1) is 17.5 Å². The second kappa shape index (κ2) is 5.72. The van der Waals surface area contributed by atoms with Crippen LogP contribution in [0.3, 0.4) is 0 Å². The number of aromatic nitrogens is 1. The highest BCUT2D eigenvalue weighted by Crippen LogP contribution is 2.15. The maximum atomic E-state index is 13.4. The van der Waals surface area contributed by atoms with Gasteiger partial charge in [-0.25, -0.2) is 18.0 Å². The number of hydrogen-bond acceptors (Lipinski definition) is 3. The molecule has 1 aromatic carbocycles. The van der Waals surface area contributed by atoms with Crippen molar-refractivity contribution >= 4 is 11.9 Å². The molecule has 0 saturated heterocycles. The number of halogens is 3. The third kappa shape index (κ3) is 2.82. The number of benzene rings is 1. The number of carboxylic acid groups (broad SMARTS) is 1. The number of rotatable bonds is 2. The second-order valence-electron chi connectivity index (χ2n) is 4.05. The van der Waals surface area contributed by atoms with Crippen molar-refractivity contribution in [3.8, 4) is 0 Å². The molecule has 0 unspecified atom stereocenters. The molecular formula is C13H7F3N2O4. The van der Waals surface area contributed by atoms with Gasteiger partial charge in [-0.05, 0) is 12.1 Å². The van der Waals surface area contributed by atoms with Crippen LogP contribution in [-0.2, 0) is 0 Å². The SMILES string of the molecule is O=C(N=c1cccc(C(=O)O)n1O)c1c(F)cc(F)cc1F. The molecule has 0 fully saturated rings. The maximum Gasteiger partial charge on any atom is 0.356 e. The van der Waals surface area contributed by atoms with Gasteiger partial charge in [0.25, 0.3) is 5.91 Å². The van der Waals surface area contributed by atoms with Gasteiger partial charge >= 0.3 is 5.97 Å². The van der Waals surface area contributed by atoms with Crippen molar-refractivity contribution in [1.82, 2.24) is 4.73 Å². The van der Waals surface area contributed by atoms with Crippen molar-refractivity contribution < 1.29 is 33.1 Å². The summed E-state index contributed by atoms with van der Waals surface area (Å²) in [6.07, 6.45) is 0. The molecule has 22 heavy (non-hydrogen) atoms. The summed E-state index contributed by atoms with van der Waals surface area (Å²) in [6.45, 7) is 0. The summed E-state index contributed by atoms with van der Waals surface area (Å²) in [5.41, 5.74) is -2.30. The molecule has 0 spiro atoms. The molecule has 0 saturated carbocycles. The van der Waals surface area contributed by atoms with E-state index in [9.17, 15) is 28.0 Å². The first-order valence-corrected chi connectivity index (χ1v) is 5.69. The quantitative estimate of drug-likeness (QED) is 0.824. The van der Waals surface area contributed by atoms with Gasteiger partial charge in [-0.15, -0.1) is 0 Å². The average molecular weight is 312 g/mol. The summed E-state index contributed by atoms with van der Waals surface area (Å²) in [5, 5.41) is 18.4. The lowest BCUT2D eigenvalue weighted by atomic mass is 10.2. The highest BCUT2D eigenvalue weighted by Gasteiger charge is 2.19. The van der Waals surface area contributed by atoms with E-state index in [1.807, 2.05) is 0 Å². The molecule has 9 heteroatoms. The number of nitrogens with zero attached hydrogens (tertiary/aromatic N) is 2. The molecule has 1 amide bonds. The van der Waals surface area contributed by atoms with Crippen LogP contribution in [0.15, 0.2) is 35.3 Å². The number of hydrogen-bond donors (Lipinski definition) is 2. The summed E-state index contributed by atoms with van der Waals surface area (Å²) >= 11 is 0. The molecule has 6 nitrogen and oxygen atoms in total. The zero-order valence-corrected chi connectivity index (χ0v) is 10.6. The van der Waals surface area contributed by atoms with Gasteiger partial charge < -0.3 is 10.3 Å². The predicted molar refractivity (Wildman–Crippen MR) is 64.8 cm³/mol. The fourth-order valence-corrected chi connectivity index (χ4v) is 1.64. The normalized spacial score (nSPS) is 11.5. The Hall–Kier alpha value is -3.10. The standard InChI is InChI=1S/C13H7F3N2O4/c14-6-4-7(15)11(8(16)5-6)12(19)17-10-3-1-2-9(13(20)21)18(10)22/h1-5,22H,(H,20,21). The van der Waals surface area contributed by atoms with Gasteiger partial charge in [0.05, 0.1) is 0 Å². The monoisotopic (exact) mass is 312 g/mol. The Balaban J connectivity index is 2.58. The molecule has 2 aromatic rings. The number of carbonyl (C=O) groups is 2. The Labute approximate surface area is 120 Å². The topological polar surface area (TPSA) is 91.9 Å². The van der Waals surface area contributed by atoms with Crippen LogP contribution in [0.1, 0.15) is 20.8 Å². The van der Waals surface area contributed by atoms with E-state index < -0.39 is 46.1 Å². The Kier molecular flexibility index (Phi) is 3.97. The smallest absolute Gasteiger partial charge is 0.356 e. The van der Waals surface area contributed by atoms with E-state index in [2.05, 4.69) is 4.99 Å². The van der Waals surface area contributed by atoms with Crippen molar-refractivity contribution in [1.29, 1.82) is 0 Å². The van der Waals surface area contributed by atoms with E-state index in [4.69, 9.17) is 5.11 Å². The summed E-state index contributed by atoms with van der Waals surface area (Å²) in [6, 6.07) is 3.83. The summed E-state index contributed by atoms with van der Waals surface area (Å²) in [4.78, 5) is 25.8.